The van der Waals surface area contributed by atoms with Gasteiger partial charge in [0.25, 0.3) is 0 Å². The Bertz CT molecular complexity index is 552. The van der Waals surface area contributed by atoms with Crippen molar-refractivity contribution in [2.45, 2.75) is 57.9 Å². The summed E-state index contributed by atoms with van der Waals surface area (Å²) in [5.74, 6) is 8.05. The van der Waals surface area contributed by atoms with Crippen molar-refractivity contribution in [2.75, 3.05) is 10.7 Å². The standard InChI is InChI=1S/C17H26N4/c1-15-6-12-7-16(2,9-15)11-17(8-12,10-15)20-13-4-3-5-14(19-13)21-18/h3-5,12H,6-11,18H2,1-2H3,(H2,19,20,21). The van der Waals surface area contributed by atoms with Gasteiger partial charge in [-0.15, -0.1) is 0 Å². The Labute approximate surface area is 126 Å². The van der Waals surface area contributed by atoms with E-state index in [0.717, 1.165) is 17.6 Å². The number of hydrogen-bond donors (Lipinski definition) is 3. The highest BCUT2D eigenvalue weighted by Crippen LogP contribution is 2.66. The number of rotatable bonds is 3. The third-order valence-corrected chi connectivity index (χ3v) is 5.92. The number of nitrogen functional groups attached to an aromatic ring is 1. The number of aromatic nitrogens is 1. The van der Waals surface area contributed by atoms with Gasteiger partial charge in [0.1, 0.15) is 11.6 Å². The maximum absolute atomic E-state index is 5.48. The number of hydrogen-bond acceptors (Lipinski definition) is 4. The van der Waals surface area contributed by atoms with E-state index in [1.54, 1.807) is 0 Å². The summed E-state index contributed by atoms with van der Waals surface area (Å²) in [5, 5.41) is 3.80. The summed E-state index contributed by atoms with van der Waals surface area (Å²) in [6.45, 7) is 4.99. The molecular weight excluding hydrogens is 260 g/mol. The number of nitrogens with zero attached hydrogens (tertiary/aromatic N) is 1. The maximum Gasteiger partial charge on any atom is 0.142 e. The fourth-order valence-corrected chi connectivity index (χ4v) is 6.44. The van der Waals surface area contributed by atoms with Crippen LogP contribution in [-0.2, 0) is 0 Å². The Balaban J connectivity index is 1.65. The molecule has 4 bridgehead atoms. The lowest BCUT2D eigenvalue weighted by atomic mass is 9.43. The van der Waals surface area contributed by atoms with Crippen molar-refractivity contribution in [1.82, 2.24) is 4.98 Å². The molecule has 21 heavy (non-hydrogen) atoms. The molecule has 0 aliphatic heterocycles. The van der Waals surface area contributed by atoms with Crippen LogP contribution >= 0.6 is 0 Å². The Kier molecular flexibility index (Phi) is 2.63. The second-order valence-corrected chi connectivity index (χ2v) is 8.59. The average molecular weight is 286 g/mol. The average Bonchev–Trinajstić information content (AvgIpc) is 2.33. The minimum Gasteiger partial charge on any atom is -0.365 e. The Morgan fingerprint density at radius 2 is 1.71 bits per heavy atom. The molecule has 114 valence electrons. The molecule has 4 saturated carbocycles. The van der Waals surface area contributed by atoms with E-state index in [2.05, 4.69) is 35.6 Å². The first kappa shape index (κ1) is 13.4. The second-order valence-electron chi connectivity index (χ2n) is 8.59. The zero-order valence-corrected chi connectivity index (χ0v) is 13.1. The van der Waals surface area contributed by atoms with Crippen LogP contribution in [0.25, 0.3) is 0 Å². The van der Waals surface area contributed by atoms with Crippen molar-refractivity contribution >= 4 is 11.6 Å². The van der Waals surface area contributed by atoms with Crippen LogP contribution in [0.3, 0.4) is 0 Å². The highest BCUT2D eigenvalue weighted by molar-refractivity contribution is 5.47. The first-order valence-electron chi connectivity index (χ1n) is 8.14. The van der Waals surface area contributed by atoms with Crippen LogP contribution in [-0.4, -0.2) is 10.5 Å². The zero-order chi connectivity index (χ0) is 14.7. The minimum absolute atomic E-state index is 0.239. The molecule has 0 radical (unpaired) electrons. The van der Waals surface area contributed by atoms with Gasteiger partial charge >= 0.3 is 0 Å². The van der Waals surface area contributed by atoms with Crippen molar-refractivity contribution in [1.29, 1.82) is 0 Å². The number of anilines is 2. The Morgan fingerprint density at radius 1 is 1.05 bits per heavy atom. The molecule has 4 N–H and O–H groups in total. The summed E-state index contributed by atoms with van der Waals surface area (Å²) in [4.78, 5) is 4.57. The Hall–Kier alpha value is -1.29. The molecular formula is C17H26N4. The summed E-state index contributed by atoms with van der Waals surface area (Å²) < 4.78 is 0. The van der Waals surface area contributed by atoms with Gasteiger partial charge < -0.3 is 10.7 Å². The van der Waals surface area contributed by atoms with E-state index < -0.39 is 0 Å². The van der Waals surface area contributed by atoms with Crippen LogP contribution in [0.1, 0.15) is 52.4 Å². The summed E-state index contributed by atoms with van der Waals surface area (Å²) in [6, 6.07) is 5.96. The lowest BCUT2D eigenvalue weighted by Gasteiger charge is -2.65. The van der Waals surface area contributed by atoms with Gasteiger partial charge in [-0.05, 0) is 67.4 Å². The van der Waals surface area contributed by atoms with Crippen molar-refractivity contribution in [3.8, 4) is 0 Å². The molecule has 4 heteroatoms. The normalized spacial score (nSPS) is 43.9. The van der Waals surface area contributed by atoms with E-state index in [1.807, 2.05) is 12.1 Å². The van der Waals surface area contributed by atoms with Crippen LogP contribution in [0.15, 0.2) is 18.2 Å². The molecule has 0 aromatic carbocycles. The molecule has 4 aliphatic carbocycles. The van der Waals surface area contributed by atoms with Gasteiger partial charge in [0.2, 0.25) is 0 Å². The van der Waals surface area contributed by atoms with E-state index >= 15 is 0 Å². The predicted octanol–water partition coefficient (Wildman–Crippen LogP) is 3.53. The quantitative estimate of drug-likeness (QED) is 0.587. The smallest absolute Gasteiger partial charge is 0.142 e. The highest BCUT2D eigenvalue weighted by atomic mass is 15.3. The van der Waals surface area contributed by atoms with Crippen LogP contribution in [0.4, 0.5) is 11.6 Å². The topological polar surface area (TPSA) is 63.0 Å². The van der Waals surface area contributed by atoms with Gasteiger partial charge in [0.15, 0.2) is 0 Å². The van der Waals surface area contributed by atoms with Gasteiger partial charge in [-0.25, -0.2) is 10.8 Å². The molecule has 1 aromatic rings. The lowest BCUT2D eigenvalue weighted by molar-refractivity contribution is -0.0973. The lowest BCUT2D eigenvalue weighted by Crippen LogP contribution is -2.61. The fourth-order valence-electron chi connectivity index (χ4n) is 6.44. The molecule has 4 fully saturated rings. The van der Waals surface area contributed by atoms with Crippen LogP contribution in [0.5, 0.6) is 0 Å². The van der Waals surface area contributed by atoms with Gasteiger partial charge in [0, 0.05) is 5.54 Å². The third-order valence-electron chi connectivity index (χ3n) is 5.92. The van der Waals surface area contributed by atoms with Crippen LogP contribution in [0, 0.1) is 16.7 Å². The predicted molar refractivity (Wildman–Crippen MR) is 85.8 cm³/mol. The molecule has 4 aliphatic rings. The second kappa shape index (κ2) is 4.13. The fraction of sp³-hybridized carbons (Fsp3) is 0.706. The summed E-state index contributed by atoms with van der Waals surface area (Å²) >= 11 is 0. The molecule has 2 unspecified atom stereocenters. The molecule has 0 spiro atoms. The van der Waals surface area contributed by atoms with E-state index in [1.165, 1.54) is 38.5 Å². The van der Waals surface area contributed by atoms with E-state index in [4.69, 9.17) is 5.84 Å². The Morgan fingerprint density at radius 3 is 2.33 bits per heavy atom. The largest absolute Gasteiger partial charge is 0.365 e. The monoisotopic (exact) mass is 286 g/mol. The molecule has 1 heterocycles. The summed E-state index contributed by atoms with van der Waals surface area (Å²) in [5.41, 5.74) is 3.92. The molecule has 0 amide bonds. The van der Waals surface area contributed by atoms with Crippen LogP contribution < -0.4 is 16.6 Å². The number of pyridine rings is 1. The molecule has 0 saturated heterocycles. The molecule has 2 atom stereocenters. The van der Waals surface area contributed by atoms with Gasteiger partial charge in [-0.3, -0.25) is 0 Å². The van der Waals surface area contributed by atoms with Crippen molar-refractivity contribution in [3.63, 3.8) is 0 Å². The highest BCUT2D eigenvalue weighted by Gasteiger charge is 2.60. The summed E-state index contributed by atoms with van der Waals surface area (Å²) in [7, 11) is 0. The SMILES string of the molecule is CC12CC3CC(C)(C1)CC(Nc1cccc(NN)n1)(C3)C2. The van der Waals surface area contributed by atoms with E-state index in [9.17, 15) is 0 Å². The van der Waals surface area contributed by atoms with E-state index in [0.29, 0.717) is 10.8 Å². The third kappa shape index (κ3) is 2.20. The van der Waals surface area contributed by atoms with E-state index in [-0.39, 0.29) is 5.54 Å². The van der Waals surface area contributed by atoms with Crippen molar-refractivity contribution < 1.29 is 0 Å². The van der Waals surface area contributed by atoms with Crippen LogP contribution in [0.2, 0.25) is 0 Å². The first-order chi connectivity index (χ1) is 9.92. The number of nitrogens with two attached hydrogens (primary N) is 1. The van der Waals surface area contributed by atoms with Gasteiger partial charge in [-0.1, -0.05) is 19.9 Å². The maximum atomic E-state index is 5.48. The van der Waals surface area contributed by atoms with Crippen molar-refractivity contribution in [2.24, 2.45) is 22.6 Å². The molecule has 5 rings (SSSR count). The van der Waals surface area contributed by atoms with Gasteiger partial charge in [-0.2, -0.15) is 0 Å². The number of nitrogens with one attached hydrogen (secondary N) is 2. The van der Waals surface area contributed by atoms with Gasteiger partial charge in [0.05, 0.1) is 0 Å². The first-order valence-corrected chi connectivity index (χ1v) is 8.14. The molecule has 1 aromatic heterocycles. The zero-order valence-electron chi connectivity index (χ0n) is 13.1. The number of hydrazine groups is 1. The van der Waals surface area contributed by atoms with Crippen molar-refractivity contribution in [3.05, 3.63) is 18.2 Å². The molecule has 4 nitrogen and oxygen atoms in total. The minimum atomic E-state index is 0.239. The summed E-state index contributed by atoms with van der Waals surface area (Å²) in [6.07, 6.45) is 8.12.